The number of aryl methyl sites for hydroxylation is 1. The molecule has 154 valence electrons. The first kappa shape index (κ1) is 19.4. The molecule has 6 nitrogen and oxygen atoms in total. The summed E-state index contributed by atoms with van der Waals surface area (Å²) < 4.78 is 1.44. The fraction of sp³-hybridized carbons (Fsp3) is 0.348. The van der Waals surface area contributed by atoms with Gasteiger partial charge in [-0.1, -0.05) is 60.7 Å². The van der Waals surface area contributed by atoms with Crippen LogP contribution in [0.25, 0.3) is 15.7 Å². The maximum absolute atomic E-state index is 12.4. The number of rotatable bonds is 5. The smallest absolute Gasteiger partial charge is 0.275 e. The summed E-state index contributed by atoms with van der Waals surface area (Å²) in [4.78, 5) is 21.0. The number of nitrogens with one attached hydrogen (secondary N) is 2. The van der Waals surface area contributed by atoms with Crippen molar-refractivity contribution in [3.63, 3.8) is 0 Å². The molecule has 0 radical (unpaired) electrons. The lowest BCUT2D eigenvalue weighted by atomic mass is 10.0. The maximum atomic E-state index is 12.4. The molecule has 7 heteroatoms. The first-order chi connectivity index (χ1) is 14.7. The molecule has 2 aromatic heterocycles. The Balaban J connectivity index is 1.24. The number of fused-ring (bicyclic) bond motifs is 2. The van der Waals surface area contributed by atoms with Crippen molar-refractivity contribution >= 4 is 27.1 Å². The van der Waals surface area contributed by atoms with Gasteiger partial charge in [0.05, 0.1) is 0 Å². The normalized spacial score (nSPS) is 19.5. The van der Waals surface area contributed by atoms with Gasteiger partial charge >= 0.3 is 0 Å². The fourth-order valence-corrected chi connectivity index (χ4v) is 5.27. The Hall–Kier alpha value is -2.61. The van der Waals surface area contributed by atoms with Gasteiger partial charge in [-0.05, 0) is 17.2 Å². The van der Waals surface area contributed by atoms with Crippen LogP contribution in [0.1, 0.15) is 23.2 Å². The molecular formula is C23H27N5OS+2. The predicted octanol–water partition coefficient (Wildman–Crippen LogP) is 0.350. The van der Waals surface area contributed by atoms with E-state index in [4.69, 9.17) is 4.98 Å². The van der Waals surface area contributed by atoms with E-state index in [1.165, 1.54) is 37.1 Å². The molecule has 1 saturated heterocycles. The van der Waals surface area contributed by atoms with E-state index in [1.54, 1.807) is 11.0 Å². The fourth-order valence-electron chi connectivity index (χ4n) is 4.41. The van der Waals surface area contributed by atoms with Gasteiger partial charge in [0.15, 0.2) is 0 Å². The number of hydrogen-bond donors (Lipinski definition) is 2. The third kappa shape index (κ3) is 3.88. The quantitative estimate of drug-likeness (QED) is 0.489. The second-order valence-corrected chi connectivity index (χ2v) is 9.16. The molecule has 0 bridgehead atoms. The molecular weight excluding hydrogens is 394 g/mol. The number of piperazine rings is 1. The first-order valence-corrected chi connectivity index (χ1v) is 11.5. The van der Waals surface area contributed by atoms with Crippen LogP contribution in [0.15, 0.2) is 53.3 Å². The molecule has 1 fully saturated rings. The van der Waals surface area contributed by atoms with Crippen LogP contribution < -0.4 is 15.4 Å². The van der Waals surface area contributed by atoms with Gasteiger partial charge in [-0.25, -0.2) is 4.98 Å². The molecule has 0 aliphatic carbocycles. The van der Waals surface area contributed by atoms with E-state index in [0.29, 0.717) is 4.96 Å². The van der Waals surface area contributed by atoms with E-state index in [0.717, 1.165) is 56.4 Å². The van der Waals surface area contributed by atoms with Crippen molar-refractivity contribution in [2.24, 2.45) is 0 Å². The second-order valence-electron chi connectivity index (χ2n) is 8.12. The van der Waals surface area contributed by atoms with Crippen LogP contribution >= 0.6 is 11.3 Å². The summed E-state index contributed by atoms with van der Waals surface area (Å²) in [6.45, 7) is 8.41. The Kier molecular flexibility index (Phi) is 5.33. The second kappa shape index (κ2) is 8.26. The Bertz CT molecular complexity index is 1230. The van der Waals surface area contributed by atoms with E-state index in [1.807, 2.05) is 6.92 Å². The standard InChI is InChI=1S/C23H25N5OS/c1-2-21-25-28-22(29)14-19(24-23(28)30-21)16-27-12-10-26(11-13-27)15-18-8-5-7-17-6-3-4-9-20(17)18/h3-9,14H,2,10-13,15-16H2,1H3/p+2. The Morgan fingerprint density at radius 2 is 1.73 bits per heavy atom. The van der Waals surface area contributed by atoms with Gasteiger partial charge < -0.3 is 9.80 Å². The summed E-state index contributed by atoms with van der Waals surface area (Å²) in [6.07, 6.45) is 0.829. The number of nitrogens with zero attached hydrogens (tertiary/aromatic N) is 3. The van der Waals surface area contributed by atoms with Crippen molar-refractivity contribution in [3.8, 4) is 0 Å². The van der Waals surface area contributed by atoms with E-state index < -0.39 is 0 Å². The van der Waals surface area contributed by atoms with Crippen LogP contribution in [-0.4, -0.2) is 40.8 Å². The van der Waals surface area contributed by atoms with E-state index in [9.17, 15) is 4.79 Å². The van der Waals surface area contributed by atoms with Gasteiger partial charge in [0.1, 0.15) is 50.0 Å². The summed E-state index contributed by atoms with van der Waals surface area (Å²) in [5, 5.41) is 7.99. The molecule has 3 heterocycles. The third-order valence-electron chi connectivity index (χ3n) is 6.06. The largest absolute Gasteiger partial charge is 0.322 e. The van der Waals surface area contributed by atoms with Gasteiger partial charge in [0.25, 0.3) is 5.56 Å². The average Bonchev–Trinajstić information content (AvgIpc) is 3.19. The topological polar surface area (TPSA) is 56.1 Å². The minimum absolute atomic E-state index is 0.0643. The van der Waals surface area contributed by atoms with Crippen LogP contribution in [-0.2, 0) is 19.5 Å². The SMILES string of the molecule is CCc1nn2c(=O)cc(C[NH+]3CC[NH+](Cc4cccc5ccccc45)CC3)nc2s1. The molecule has 2 aromatic carbocycles. The van der Waals surface area contributed by atoms with Gasteiger partial charge in [-0.3, -0.25) is 4.79 Å². The Labute approximate surface area is 179 Å². The minimum atomic E-state index is -0.0643. The minimum Gasteiger partial charge on any atom is -0.322 e. The number of quaternary nitrogens is 2. The number of hydrogen-bond acceptors (Lipinski definition) is 4. The molecule has 0 saturated carbocycles. The van der Waals surface area contributed by atoms with Gasteiger partial charge in [0.2, 0.25) is 4.96 Å². The summed E-state index contributed by atoms with van der Waals surface area (Å²) in [7, 11) is 0. The third-order valence-corrected chi connectivity index (χ3v) is 7.11. The van der Waals surface area contributed by atoms with E-state index >= 15 is 0 Å². The molecule has 1 aliphatic heterocycles. The molecule has 4 aromatic rings. The average molecular weight is 422 g/mol. The lowest BCUT2D eigenvalue weighted by Gasteiger charge is -2.29. The lowest BCUT2D eigenvalue weighted by molar-refractivity contribution is -1.02. The lowest BCUT2D eigenvalue weighted by Crippen LogP contribution is -3.27. The molecule has 0 amide bonds. The van der Waals surface area contributed by atoms with Crippen LogP contribution in [0.2, 0.25) is 0 Å². The van der Waals surface area contributed by atoms with Crippen molar-refractivity contribution in [3.05, 3.63) is 75.1 Å². The summed E-state index contributed by atoms with van der Waals surface area (Å²) >= 11 is 1.52. The molecule has 0 spiro atoms. The van der Waals surface area contributed by atoms with Gasteiger partial charge in [-0.2, -0.15) is 9.61 Å². The monoisotopic (exact) mass is 421 g/mol. The highest BCUT2D eigenvalue weighted by Crippen LogP contribution is 2.17. The highest BCUT2D eigenvalue weighted by atomic mass is 32.1. The zero-order valence-corrected chi connectivity index (χ0v) is 18.0. The van der Waals surface area contributed by atoms with Crippen LogP contribution in [0.4, 0.5) is 0 Å². The zero-order chi connectivity index (χ0) is 20.5. The van der Waals surface area contributed by atoms with Crippen molar-refractivity contribution < 1.29 is 9.80 Å². The van der Waals surface area contributed by atoms with Crippen molar-refractivity contribution in [2.45, 2.75) is 26.4 Å². The summed E-state index contributed by atoms with van der Waals surface area (Å²) in [5.41, 5.74) is 2.26. The Morgan fingerprint density at radius 1 is 1.00 bits per heavy atom. The molecule has 2 N–H and O–H groups in total. The molecule has 0 atom stereocenters. The van der Waals surface area contributed by atoms with Gasteiger partial charge in [-0.15, -0.1) is 0 Å². The first-order valence-electron chi connectivity index (χ1n) is 10.7. The highest BCUT2D eigenvalue weighted by Gasteiger charge is 2.24. The molecule has 1 aliphatic rings. The summed E-state index contributed by atoms with van der Waals surface area (Å²) in [6, 6.07) is 16.9. The van der Waals surface area contributed by atoms with Crippen molar-refractivity contribution in [1.82, 2.24) is 14.6 Å². The maximum Gasteiger partial charge on any atom is 0.275 e. The molecule has 5 rings (SSSR count). The number of benzene rings is 2. The van der Waals surface area contributed by atoms with Crippen molar-refractivity contribution in [1.29, 1.82) is 0 Å². The molecule has 0 unspecified atom stereocenters. The number of aromatic nitrogens is 3. The van der Waals surface area contributed by atoms with Crippen LogP contribution in [0.5, 0.6) is 0 Å². The van der Waals surface area contributed by atoms with E-state index in [2.05, 4.69) is 47.6 Å². The van der Waals surface area contributed by atoms with Crippen LogP contribution in [0, 0.1) is 0 Å². The zero-order valence-electron chi connectivity index (χ0n) is 17.2. The molecule has 30 heavy (non-hydrogen) atoms. The van der Waals surface area contributed by atoms with Crippen molar-refractivity contribution in [2.75, 3.05) is 26.2 Å². The summed E-state index contributed by atoms with van der Waals surface area (Å²) in [5.74, 6) is 0. The van der Waals surface area contributed by atoms with Crippen LogP contribution in [0.3, 0.4) is 0 Å². The Morgan fingerprint density at radius 3 is 2.53 bits per heavy atom. The highest BCUT2D eigenvalue weighted by molar-refractivity contribution is 7.16. The van der Waals surface area contributed by atoms with Gasteiger partial charge in [0, 0.05) is 11.6 Å². The predicted molar refractivity (Wildman–Crippen MR) is 119 cm³/mol. The van der Waals surface area contributed by atoms with E-state index in [-0.39, 0.29) is 5.56 Å².